The number of hydrogen-bond donors (Lipinski definition) is 0. The summed E-state index contributed by atoms with van der Waals surface area (Å²) in [6, 6.07) is 1.59. The molecule has 0 atom stereocenters. The van der Waals surface area contributed by atoms with Crippen molar-refractivity contribution in [2.24, 2.45) is 0 Å². The van der Waals surface area contributed by atoms with Crippen LogP contribution in [-0.2, 0) is 10.8 Å². The third kappa shape index (κ3) is 2.41. The van der Waals surface area contributed by atoms with Gasteiger partial charge in [-0.1, -0.05) is 11.6 Å². The molecule has 2 heterocycles. The molecule has 0 radical (unpaired) electrons. The Morgan fingerprint density at radius 2 is 2.12 bits per heavy atom. The molecule has 0 aromatic carbocycles. The molecule has 0 N–H and O–H groups in total. The van der Waals surface area contributed by atoms with Gasteiger partial charge in [0.15, 0.2) is 0 Å². The summed E-state index contributed by atoms with van der Waals surface area (Å²) in [6.45, 7) is 1.05. The summed E-state index contributed by atoms with van der Waals surface area (Å²) in [5.74, 6) is 0.961. The van der Waals surface area contributed by atoms with Gasteiger partial charge in [-0.25, -0.2) is 0 Å². The Morgan fingerprint density at radius 3 is 2.75 bits per heavy atom. The van der Waals surface area contributed by atoms with Gasteiger partial charge < -0.3 is 4.90 Å². The molecule has 2 rings (SSSR count). The molecule has 0 saturated carbocycles. The minimum Gasteiger partial charge on any atom is -0.337 e. The number of carbonyl (C=O) groups is 1. The summed E-state index contributed by atoms with van der Waals surface area (Å²) >= 11 is 5.92. The van der Waals surface area contributed by atoms with Gasteiger partial charge in [0.25, 0.3) is 5.91 Å². The number of halogens is 1. The molecule has 16 heavy (non-hydrogen) atoms. The zero-order valence-electron chi connectivity index (χ0n) is 8.56. The molecule has 1 aromatic heterocycles. The second kappa shape index (κ2) is 4.93. The van der Waals surface area contributed by atoms with Gasteiger partial charge in [0.2, 0.25) is 0 Å². The highest BCUT2D eigenvalue weighted by Gasteiger charge is 2.22. The Kier molecular flexibility index (Phi) is 3.56. The Hall–Kier alpha value is -0.940. The van der Waals surface area contributed by atoms with Gasteiger partial charge in [0.05, 0.1) is 10.6 Å². The molecular weight excluding hydrogens is 248 g/mol. The molecule has 1 aromatic rings. The van der Waals surface area contributed by atoms with Crippen molar-refractivity contribution in [1.82, 2.24) is 9.88 Å². The average molecular weight is 259 g/mol. The first-order chi connectivity index (χ1) is 7.68. The fraction of sp³-hybridized carbons (Fsp3) is 0.400. The van der Waals surface area contributed by atoms with E-state index in [1.165, 1.54) is 6.20 Å². The number of carbonyl (C=O) groups excluding carboxylic acids is 1. The van der Waals surface area contributed by atoms with Crippen LogP contribution >= 0.6 is 11.6 Å². The first-order valence-electron chi connectivity index (χ1n) is 4.92. The highest BCUT2D eigenvalue weighted by Crippen LogP contribution is 2.16. The highest BCUT2D eigenvalue weighted by atomic mass is 35.5. The van der Waals surface area contributed by atoms with Crippen LogP contribution in [0.1, 0.15) is 10.4 Å². The van der Waals surface area contributed by atoms with Crippen molar-refractivity contribution in [1.29, 1.82) is 0 Å². The summed E-state index contributed by atoms with van der Waals surface area (Å²) in [4.78, 5) is 17.6. The van der Waals surface area contributed by atoms with E-state index in [0.29, 0.717) is 35.2 Å². The number of rotatable bonds is 1. The summed E-state index contributed by atoms with van der Waals surface area (Å²) < 4.78 is 11.2. The molecule has 4 nitrogen and oxygen atoms in total. The maximum Gasteiger partial charge on any atom is 0.256 e. The van der Waals surface area contributed by atoms with E-state index in [1.807, 2.05) is 0 Å². The van der Waals surface area contributed by atoms with Gasteiger partial charge in [-0.15, -0.1) is 0 Å². The molecule has 0 spiro atoms. The van der Waals surface area contributed by atoms with E-state index in [9.17, 15) is 9.00 Å². The lowest BCUT2D eigenvalue weighted by atomic mass is 10.2. The molecule has 0 unspecified atom stereocenters. The van der Waals surface area contributed by atoms with Gasteiger partial charge in [-0.2, -0.15) is 0 Å². The predicted octanol–water partition coefficient (Wildman–Crippen LogP) is 0.939. The Bertz CT molecular complexity index is 429. The van der Waals surface area contributed by atoms with Crippen LogP contribution < -0.4 is 0 Å². The van der Waals surface area contributed by atoms with Crippen LogP contribution in [0.15, 0.2) is 18.5 Å². The summed E-state index contributed by atoms with van der Waals surface area (Å²) in [5, 5.41) is 0.409. The average Bonchev–Trinajstić information content (AvgIpc) is 2.30. The monoisotopic (exact) mass is 258 g/mol. The van der Waals surface area contributed by atoms with Crippen LogP contribution in [0.25, 0.3) is 0 Å². The summed E-state index contributed by atoms with van der Waals surface area (Å²) in [5.41, 5.74) is 0.414. The van der Waals surface area contributed by atoms with Crippen molar-refractivity contribution in [3.63, 3.8) is 0 Å². The number of aromatic nitrogens is 1. The van der Waals surface area contributed by atoms with Crippen LogP contribution in [-0.4, -0.2) is 44.6 Å². The fourth-order valence-corrected chi connectivity index (χ4v) is 2.78. The van der Waals surface area contributed by atoms with E-state index in [4.69, 9.17) is 11.6 Å². The molecule has 86 valence electrons. The third-order valence-electron chi connectivity index (χ3n) is 2.46. The second-order valence-electron chi connectivity index (χ2n) is 3.50. The zero-order valence-corrected chi connectivity index (χ0v) is 10.1. The second-order valence-corrected chi connectivity index (χ2v) is 5.60. The molecule has 1 aliphatic heterocycles. The quantitative estimate of drug-likeness (QED) is 0.753. The van der Waals surface area contributed by atoms with E-state index in [2.05, 4.69) is 4.98 Å². The Labute approximate surface area is 101 Å². The van der Waals surface area contributed by atoms with E-state index in [0.717, 1.165) is 0 Å². The van der Waals surface area contributed by atoms with E-state index in [1.54, 1.807) is 17.2 Å². The molecule has 0 aliphatic carbocycles. The standard InChI is InChI=1S/C10H11ClN2O2S/c11-9-1-2-12-7-8(9)10(14)13-3-5-16(15)6-4-13/h1-2,7H,3-6H2. The van der Waals surface area contributed by atoms with E-state index >= 15 is 0 Å². The molecule has 1 amide bonds. The van der Waals surface area contributed by atoms with Crippen molar-refractivity contribution in [2.75, 3.05) is 24.6 Å². The lowest BCUT2D eigenvalue weighted by molar-refractivity contribution is 0.0771. The normalized spacial score (nSPS) is 17.4. The van der Waals surface area contributed by atoms with Crippen LogP contribution in [0, 0.1) is 0 Å². The smallest absolute Gasteiger partial charge is 0.256 e. The number of nitrogens with zero attached hydrogens (tertiary/aromatic N) is 2. The third-order valence-corrected chi connectivity index (χ3v) is 4.07. The highest BCUT2D eigenvalue weighted by molar-refractivity contribution is 7.85. The van der Waals surface area contributed by atoms with E-state index < -0.39 is 10.8 Å². The van der Waals surface area contributed by atoms with Crippen molar-refractivity contribution >= 4 is 28.3 Å². The topological polar surface area (TPSA) is 50.3 Å². The van der Waals surface area contributed by atoms with Crippen molar-refractivity contribution in [2.45, 2.75) is 0 Å². The Balaban J connectivity index is 2.14. The van der Waals surface area contributed by atoms with Gasteiger partial charge in [0, 0.05) is 47.8 Å². The lowest BCUT2D eigenvalue weighted by Gasteiger charge is -2.26. The van der Waals surface area contributed by atoms with Gasteiger partial charge >= 0.3 is 0 Å². The van der Waals surface area contributed by atoms with Gasteiger partial charge in [0.1, 0.15) is 0 Å². The predicted molar refractivity (Wildman–Crippen MR) is 63.0 cm³/mol. The summed E-state index contributed by atoms with van der Waals surface area (Å²) in [6.07, 6.45) is 3.01. The summed E-state index contributed by atoms with van der Waals surface area (Å²) in [7, 11) is -0.782. The van der Waals surface area contributed by atoms with E-state index in [-0.39, 0.29) is 5.91 Å². The molecular formula is C10H11ClN2O2S. The molecule has 1 aliphatic rings. The lowest BCUT2D eigenvalue weighted by Crippen LogP contribution is -2.41. The van der Waals surface area contributed by atoms with Gasteiger partial charge in [-0.05, 0) is 6.07 Å². The molecule has 6 heteroatoms. The minimum atomic E-state index is -0.782. The SMILES string of the molecule is O=C(c1cnccc1Cl)N1CCS(=O)CC1. The minimum absolute atomic E-state index is 0.130. The van der Waals surface area contributed by atoms with Crippen molar-refractivity contribution in [3.8, 4) is 0 Å². The maximum absolute atomic E-state index is 12.0. The largest absolute Gasteiger partial charge is 0.337 e. The van der Waals surface area contributed by atoms with Crippen LogP contribution in [0.3, 0.4) is 0 Å². The Morgan fingerprint density at radius 1 is 1.44 bits per heavy atom. The van der Waals surface area contributed by atoms with Crippen molar-refractivity contribution < 1.29 is 9.00 Å². The van der Waals surface area contributed by atoms with Crippen LogP contribution in [0.2, 0.25) is 5.02 Å². The number of hydrogen-bond acceptors (Lipinski definition) is 3. The van der Waals surface area contributed by atoms with Crippen LogP contribution in [0.5, 0.6) is 0 Å². The number of amides is 1. The first-order valence-corrected chi connectivity index (χ1v) is 6.79. The fourth-order valence-electron chi connectivity index (χ4n) is 1.55. The number of pyridine rings is 1. The first kappa shape index (κ1) is 11.5. The molecule has 1 saturated heterocycles. The van der Waals surface area contributed by atoms with Gasteiger partial charge in [-0.3, -0.25) is 14.0 Å². The molecule has 1 fully saturated rings. The maximum atomic E-state index is 12.0. The van der Waals surface area contributed by atoms with Crippen LogP contribution in [0.4, 0.5) is 0 Å². The van der Waals surface area contributed by atoms with Crippen molar-refractivity contribution in [3.05, 3.63) is 29.0 Å². The zero-order chi connectivity index (χ0) is 11.5. The molecule has 0 bridgehead atoms.